The van der Waals surface area contributed by atoms with Crippen LogP contribution < -0.4 is 11.1 Å². The summed E-state index contributed by atoms with van der Waals surface area (Å²) < 4.78 is 6.04. The second-order valence-electron chi connectivity index (χ2n) is 5.67. The molecular formula is C20H18ClN3O2. The Labute approximate surface area is 156 Å². The molecule has 3 N–H and O–H groups in total. The van der Waals surface area contributed by atoms with Gasteiger partial charge in [0.25, 0.3) is 0 Å². The summed E-state index contributed by atoms with van der Waals surface area (Å²) in [6.07, 6.45) is 1.72. The van der Waals surface area contributed by atoms with Crippen molar-refractivity contribution in [3.8, 4) is 0 Å². The fourth-order valence-electron chi connectivity index (χ4n) is 2.99. The largest absolute Gasteiger partial charge is 0.362 e. The SMILES string of the molecule is COC(c1ccc(Cl)cc1)(c1ccc(NC(N)=O)cc1)c1ccccn1. The Bertz CT molecular complexity index is 883. The molecule has 5 nitrogen and oxygen atoms in total. The zero-order valence-electron chi connectivity index (χ0n) is 14.1. The number of urea groups is 1. The fourth-order valence-corrected chi connectivity index (χ4v) is 3.11. The topological polar surface area (TPSA) is 77.2 Å². The molecule has 0 spiro atoms. The van der Waals surface area contributed by atoms with Gasteiger partial charge >= 0.3 is 6.03 Å². The lowest BCUT2D eigenvalue weighted by Gasteiger charge is -2.33. The number of methoxy groups -OCH3 is 1. The summed E-state index contributed by atoms with van der Waals surface area (Å²) in [4.78, 5) is 15.6. The number of nitrogens with one attached hydrogen (secondary N) is 1. The molecule has 0 saturated carbocycles. The number of ether oxygens (including phenoxy) is 1. The minimum Gasteiger partial charge on any atom is -0.362 e. The number of benzene rings is 2. The van der Waals surface area contributed by atoms with Gasteiger partial charge in [0.15, 0.2) is 5.60 Å². The van der Waals surface area contributed by atoms with Gasteiger partial charge in [-0.25, -0.2) is 4.79 Å². The van der Waals surface area contributed by atoms with Crippen LogP contribution in [0.15, 0.2) is 72.9 Å². The van der Waals surface area contributed by atoms with Gasteiger partial charge in [-0.3, -0.25) is 4.98 Å². The minimum absolute atomic E-state index is 0.600. The lowest BCUT2D eigenvalue weighted by Crippen LogP contribution is -2.32. The maximum atomic E-state index is 11.0. The second-order valence-corrected chi connectivity index (χ2v) is 6.11. The smallest absolute Gasteiger partial charge is 0.316 e. The number of nitrogens with zero attached hydrogens (tertiary/aromatic N) is 1. The molecule has 1 atom stereocenters. The molecule has 1 aromatic heterocycles. The van der Waals surface area contributed by atoms with Gasteiger partial charge in [-0.05, 0) is 47.5 Å². The average molecular weight is 368 g/mol. The number of carbonyl (C=O) groups excluding carboxylic acids is 1. The first-order valence-electron chi connectivity index (χ1n) is 7.96. The van der Waals surface area contributed by atoms with Crippen molar-refractivity contribution in [3.63, 3.8) is 0 Å². The summed E-state index contributed by atoms with van der Waals surface area (Å²) in [6.45, 7) is 0. The number of primary amides is 1. The molecule has 3 aromatic rings. The molecule has 26 heavy (non-hydrogen) atoms. The number of carbonyl (C=O) groups is 1. The van der Waals surface area contributed by atoms with Crippen molar-refractivity contribution in [1.82, 2.24) is 4.98 Å². The molecule has 132 valence electrons. The number of anilines is 1. The van der Waals surface area contributed by atoms with Crippen LogP contribution in [0.4, 0.5) is 10.5 Å². The van der Waals surface area contributed by atoms with Gasteiger partial charge in [-0.2, -0.15) is 0 Å². The highest BCUT2D eigenvalue weighted by Crippen LogP contribution is 2.39. The zero-order chi connectivity index (χ0) is 18.6. The van der Waals surface area contributed by atoms with E-state index in [2.05, 4.69) is 10.3 Å². The van der Waals surface area contributed by atoms with Crippen molar-refractivity contribution in [3.05, 3.63) is 94.8 Å². The summed E-state index contributed by atoms with van der Waals surface area (Å²) in [6, 6.07) is 19.8. The minimum atomic E-state index is -0.920. The molecule has 0 bridgehead atoms. The Kier molecular flexibility index (Phi) is 5.21. The molecule has 0 aliphatic rings. The van der Waals surface area contributed by atoms with Crippen molar-refractivity contribution in [2.45, 2.75) is 5.60 Å². The van der Waals surface area contributed by atoms with Gasteiger partial charge in [0.1, 0.15) is 0 Å². The number of hydrogen-bond acceptors (Lipinski definition) is 3. The van der Waals surface area contributed by atoms with Crippen LogP contribution in [0.5, 0.6) is 0 Å². The van der Waals surface area contributed by atoms with E-state index in [0.717, 1.165) is 16.8 Å². The summed E-state index contributed by atoms with van der Waals surface area (Å²) in [5.74, 6) is 0. The molecule has 1 unspecified atom stereocenters. The zero-order valence-corrected chi connectivity index (χ0v) is 14.9. The van der Waals surface area contributed by atoms with E-state index in [4.69, 9.17) is 22.1 Å². The predicted octanol–water partition coefficient (Wildman–Crippen LogP) is 4.16. The van der Waals surface area contributed by atoms with E-state index < -0.39 is 11.6 Å². The summed E-state index contributed by atoms with van der Waals surface area (Å²) in [7, 11) is 1.64. The first kappa shape index (κ1) is 17.9. The second kappa shape index (κ2) is 7.56. The van der Waals surface area contributed by atoms with E-state index in [1.54, 1.807) is 25.4 Å². The molecular weight excluding hydrogens is 350 g/mol. The van der Waals surface area contributed by atoms with Gasteiger partial charge in [0, 0.05) is 24.0 Å². The third-order valence-electron chi connectivity index (χ3n) is 4.14. The Morgan fingerprint density at radius 3 is 2.15 bits per heavy atom. The molecule has 2 amide bonds. The lowest BCUT2D eigenvalue weighted by molar-refractivity contribution is 0.0548. The van der Waals surface area contributed by atoms with Crippen LogP contribution in [0.25, 0.3) is 0 Å². The van der Waals surface area contributed by atoms with Crippen molar-refractivity contribution in [2.24, 2.45) is 5.73 Å². The summed E-state index contributed by atoms with van der Waals surface area (Å²) >= 11 is 6.06. The molecule has 6 heteroatoms. The van der Waals surface area contributed by atoms with Crippen molar-refractivity contribution in [2.75, 3.05) is 12.4 Å². The molecule has 1 heterocycles. The molecule has 0 aliphatic carbocycles. The lowest BCUT2D eigenvalue weighted by atomic mass is 9.82. The van der Waals surface area contributed by atoms with Gasteiger partial charge in [-0.15, -0.1) is 0 Å². The summed E-state index contributed by atoms with van der Waals surface area (Å²) in [5, 5.41) is 3.19. The van der Waals surface area contributed by atoms with Gasteiger partial charge < -0.3 is 15.8 Å². The van der Waals surface area contributed by atoms with Crippen molar-refractivity contribution < 1.29 is 9.53 Å². The highest BCUT2D eigenvalue weighted by atomic mass is 35.5. The maximum absolute atomic E-state index is 11.0. The van der Waals surface area contributed by atoms with E-state index in [1.807, 2.05) is 54.6 Å². The predicted molar refractivity (Wildman–Crippen MR) is 102 cm³/mol. The number of rotatable bonds is 5. The van der Waals surface area contributed by atoms with Crippen LogP contribution >= 0.6 is 11.6 Å². The number of halogens is 1. The molecule has 0 radical (unpaired) electrons. The third-order valence-corrected chi connectivity index (χ3v) is 4.39. The number of amides is 2. The van der Waals surface area contributed by atoms with E-state index in [-0.39, 0.29) is 0 Å². The Balaban J connectivity index is 2.17. The first-order valence-corrected chi connectivity index (χ1v) is 8.34. The standard InChI is InChI=1S/C20H18ClN3O2/c1-26-20(18-4-2-3-13-23-18,14-5-9-16(21)10-6-14)15-7-11-17(12-8-15)24-19(22)25/h2-13H,1H3,(H3,22,24,25). The van der Waals surface area contributed by atoms with E-state index in [9.17, 15) is 4.79 Å². The van der Waals surface area contributed by atoms with E-state index in [1.165, 1.54) is 0 Å². The number of nitrogens with two attached hydrogens (primary N) is 1. The maximum Gasteiger partial charge on any atom is 0.316 e. The van der Waals surface area contributed by atoms with Crippen LogP contribution in [0.1, 0.15) is 16.8 Å². The van der Waals surface area contributed by atoms with E-state index in [0.29, 0.717) is 10.7 Å². The quantitative estimate of drug-likeness (QED) is 0.710. The van der Waals surface area contributed by atoms with Gasteiger partial charge in [-0.1, -0.05) is 41.9 Å². The Morgan fingerprint density at radius 1 is 1.04 bits per heavy atom. The Morgan fingerprint density at radius 2 is 1.65 bits per heavy atom. The molecule has 0 aliphatic heterocycles. The van der Waals surface area contributed by atoms with E-state index >= 15 is 0 Å². The van der Waals surface area contributed by atoms with Crippen molar-refractivity contribution in [1.29, 1.82) is 0 Å². The highest BCUT2D eigenvalue weighted by Gasteiger charge is 2.37. The summed E-state index contributed by atoms with van der Waals surface area (Å²) in [5.41, 5.74) is 7.34. The molecule has 3 rings (SSSR count). The highest BCUT2D eigenvalue weighted by molar-refractivity contribution is 6.30. The van der Waals surface area contributed by atoms with Crippen LogP contribution in [-0.2, 0) is 10.3 Å². The molecule has 0 fully saturated rings. The fraction of sp³-hybridized carbons (Fsp3) is 0.100. The van der Waals surface area contributed by atoms with Gasteiger partial charge in [0.2, 0.25) is 0 Å². The number of hydrogen-bond donors (Lipinski definition) is 2. The van der Waals surface area contributed by atoms with Crippen LogP contribution in [-0.4, -0.2) is 18.1 Å². The number of pyridine rings is 1. The first-order chi connectivity index (χ1) is 12.6. The van der Waals surface area contributed by atoms with Crippen LogP contribution in [0, 0.1) is 0 Å². The molecule has 0 saturated heterocycles. The normalized spacial score (nSPS) is 13.0. The van der Waals surface area contributed by atoms with Gasteiger partial charge in [0.05, 0.1) is 5.69 Å². The monoisotopic (exact) mass is 367 g/mol. The Hall–Kier alpha value is -2.89. The third kappa shape index (κ3) is 3.40. The van der Waals surface area contributed by atoms with Crippen molar-refractivity contribution >= 4 is 23.3 Å². The molecule has 2 aromatic carbocycles. The van der Waals surface area contributed by atoms with Crippen LogP contribution in [0.3, 0.4) is 0 Å². The van der Waals surface area contributed by atoms with Crippen LogP contribution in [0.2, 0.25) is 5.02 Å². The number of aromatic nitrogens is 1. The average Bonchev–Trinajstić information content (AvgIpc) is 2.66.